The van der Waals surface area contributed by atoms with Crippen LogP contribution in [-0.4, -0.2) is 19.1 Å². The normalized spacial score (nSPS) is 12.0. The van der Waals surface area contributed by atoms with Crippen molar-refractivity contribution < 1.29 is 0 Å². The van der Waals surface area contributed by atoms with Crippen LogP contribution in [0.4, 0.5) is 5.69 Å². The lowest BCUT2D eigenvalue weighted by Crippen LogP contribution is -2.09. The Balaban J connectivity index is 1.27. The number of nitrogens with zero attached hydrogens (tertiary/aromatic N) is 6. The summed E-state index contributed by atoms with van der Waals surface area (Å²) >= 11 is 5.34. The van der Waals surface area contributed by atoms with Gasteiger partial charge in [0.2, 0.25) is 5.69 Å². The highest BCUT2D eigenvalue weighted by Gasteiger charge is 2.33. The summed E-state index contributed by atoms with van der Waals surface area (Å²) in [6, 6.07) is 58.6. The van der Waals surface area contributed by atoms with Crippen LogP contribution in [0.5, 0.6) is 0 Å². The van der Waals surface area contributed by atoms with E-state index in [-0.39, 0.29) is 0 Å². The predicted octanol–water partition coefficient (Wildman–Crippen LogP) is 17.5. The first-order chi connectivity index (χ1) is 34.2. The molecule has 0 atom stereocenters. The van der Waals surface area contributed by atoms with Crippen LogP contribution in [0.1, 0.15) is 5.56 Å². The fourth-order valence-electron chi connectivity index (χ4n) is 11.2. The predicted molar refractivity (Wildman–Crippen MR) is 291 cm³/mol. The van der Waals surface area contributed by atoms with E-state index in [1.165, 1.54) is 30.3 Å². The molecule has 0 aliphatic carbocycles. The van der Waals surface area contributed by atoms with Gasteiger partial charge in [-0.3, -0.25) is 9.97 Å². The minimum Gasteiger partial charge on any atom is -0.316 e. The van der Waals surface area contributed by atoms with Crippen molar-refractivity contribution in [2.24, 2.45) is 0 Å². The molecule has 0 bridgehead atoms. The van der Waals surface area contributed by atoms with E-state index >= 15 is 0 Å². The molecule has 7 aromatic heterocycles. The fraction of sp³-hybridized carbons (Fsp3) is 0. The second-order valence-corrected chi connectivity index (χ2v) is 20.5. The lowest BCUT2D eigenvalue weighted by Gasteiger charge is -2.25. The maximum atomic E-state index is 12.0. The van der Waals surface area contributed by atoms with E-state index in [9.17, 15) is 11.8 Å². The Morgan fingerprint density at radius 2 is 0.870 bits per heavy atom. The Kier molecular flexibility index (Phi) is 8.02. The van der Waals surface area contributed by atoms with Crippen molar-refractivity contribution in [3.63, 3.8) is 0 Å². The van der Waals surface area contributed by atoms with Crippen LogP contribution in [0.2, 0.25) is 0 Å². The number of thiophene rings is 3. The average molecular weight is 931 g/mol. The Morgan fingerprint density at radius 1 is 0.435 bits per heavy atom. The molecule has 69 heavy (non-hydrogen) atoms. The number of nitriles is 1. The third-order valence-electron chi connectivity index (χ3n) is 14.0. The molecule has 0 spiro atoms. The fourth-order valence-corrected chi connectivity index (χ4v) is 14.9. The smallest absolute Gasteiger partial charge is 0.220 e. The molecule has 6 nitrogen and oxygen atoms in total. The van der Waals surface area contributed by atoms with Gasteiger partial charge in [0.15, 0.2) is 0 Å². The van der Waals surface area contributed by atoms with Crippen molar-refractivity contribution in [1.29, 1.82) is 5.26 Å². The summed E-state index contributed by atoms with van der Waals surface area (Å²) in [7, 11) is 0. The number of rotatable bonds is 4. The molecular formula is C60H30N6S3. The summed E-state index contributed by atoms with van der Waals surface area (Å²) in [5, 5.41) is 23.4. The van der Waals surface area contributed by atoms with Crippen molar-refractivity contribution in [1.82, 2.24) is 19.1 Å². The average Bonchev–Trinajstić information content (AvgIpc) is 4.23. The van der Waals surface area contributed by atoms with Gasteiger partial charge in [0.1, 0.15) is 6.07 Å². The van der Waals surface area contributed by atoms with Crippen LogP contribution in [0.25, 0.3) is 143 Å². The van der Waals surface area contributed by atoms with Gasteiger partial charge in [-0.05, 0) is 42.0 Å². The lowest BCUT2D eigenvalue weighted by molar-refractivity contribution is 1.14. The number of para-hydroxylation sites is 1. The summed E-state index contributed by atoms with van der Waals surface area (Å²) in [5.41, 5.74) is 8.89. The molecule has 0 amide bonds. The van der Waals surface area contributed by atoms with Crippen LogP contribution in [0.15, 0.2) is 183 Å². The van der Waals surface area contributed by atoms with Gasteiger partial charge in [-0.1, -0.05) is 121 Å². The van der Waals surface area contributed by atoms with Gasteiger partial charge >= 0.3 is 0 Å². The number of aromatic nitrogens is 4. The molecule has 15 rings (SSSR count). The Morgan fingerprint density at radius 3 is 1.35 bits per heavy atom. The first-order valence-corrected chi connectivity index (χ1v) is 25.0. The Bertz CT molecular complexity index is 4680. The van der Waals surface area contributed by atoms with Gasteiger partial charge < -0.3 is 9.13 Å². The van der Waals surface area contributed by atoms with Crippen LogP contribution < -0.4 is 0 Å². The summed E-state index contributed by atoms with van der Waals surface area (Å²) < 4.78 is 11.7. The van der Waals surface area contributed by atoms with E-state index in [2.05, 4.69) is 165 Å². The second-order valence-electron chi connectivity index (χ2n) is 17.4. The first kappa shape index (κ1) is 38.4. The summed E-state index contributed by atoms with van der Waals surface area (Å²) in [6.07, 6.45) is 7.21. The van der Waals surface area contributed by atoms with Crippen molar-refractivity contribution in [3.8, 4) is 39.7 Å². The zero-order valence-electron chi connectivity index (χ0n) is 36.2. The molecule has 0 aliphatic rings. The van der Waals surface area contributed by atoms with Crippen molar-refractivity contribution in [2.75, 3.05) is 0 Å². The van der Waals surface area contributed by atoms with Crippen molar-refractivity contribution in [2.45, 2.75) is 0 Å². The SMILES string of the molecule is [C-]#[N+]c1c(-c2cccnc2)c(C#N)c(-n2c3ccccc3c3ccc4c5ccccc5sc4c32)c(-c2cccnc2)c1-n1c2c(ccc3c4ccccc4sc32)c2ccc3c4ccccc4sc3c21. The zero-order valence-corrected chi connectivity index (χ0v) is 38.7. The zero-order chi connectivity index (χ0) is 45.5. The van der Waals surface area contributed by atoms with Crippen LogP contribution in [0, 0.1) is 17.9 Å². The van der Waals surface area contributed by atoms with Gasteiger partial charge in [-0.2, -0.15) is 5.26 Å². The molecular weight excluding hydrogens is 901 g/mol. The molecule has 0 radical (unpaired) electrons. The standard InChI is InChI=1S/C60H30N6S3/c1-62-52-50(33-12-10-28-63-31-33)45(30-61)53(65-46-18-6-2-14-35(46)39-22-25-42-36-15-3-7-19-47(36)67-58(42)54(39)65)51(34-13-11-29-64-32-34)57(52)66-55-40(23-26-43-37-16-4-8-20-48(37)68-59(43)55)41-24-27-44-38-17-5-9-21-49(38)69-60(44)56(41)66/h2-29,31-32H. The molecule has 7 heterocycles. The van der Waals surface area contributed by atoms with E-state index in [4.69, 9.17) is 4.98 Å². The number of benzene rings is 8. The third-order valence-corrected chi connectivity index (χ3v) is 17.5. The molecule has 318 valence electrons. The van der Waals surface area contributed by atoms with E-state index in [0.717, 1.165) is 85.0 Å². The minimum absolute atomic E-state index is 0.366. The summed E-state index contributed by atoms with van der Waals surface area (Å²) in [6.45, 7) is 9.47. The van der Waals surface area contributed by atoms with E-state index in [1.54, 1.807) is 52.6 Å². The van der Waals surface area contributed by atoms with Crippen LogP contribution in [0.3, 0.4) is 0 Å². The topological polar surface area (TPSA) is 63.8 Å². The maximum Gasteiger partial charge on any atom is 0.220 e. The van der Waals surface area contributed by atoms with Gasteiger partial charge in [0, 0.05) is 109 Å². The van der Waals surface area contributed by atoms with Crippen LogP contribution >= 0.6 is 34.0 Å². The first-order valence-electron chi connectivity index (χ1n) is 22.5. The summed E-state index contributed by atoms with van der Waals surface area (Å²) in [4.78, 5) is 14.1. The molecule has 0 saturated carbocycles. The quantitative estimate of drug-likeness (QED) is 0.165. The van der Waals surface area contributed by atoms with Crippen LogP contribution in [-0.2, 0) is 0 Å². The monoisotopic (exact) mass is 930 g/mol. The molecule has 0 saturated heterocycles. The molecule has 0 aliphatic heterocycles. The summed E-state index contributed by atoms with van der Waals surface area (Å²) in [5.74, 6) is 0. The molecule has 0 unspecified atom stereocenters. The molecule has 8 aromatic carbocycles. The number of pyridine rings is 2. The minimum atomic E-state index is 0.366. The van der Waals surface area contributed by atoms with Crippen molar-refractivity contribution in [3.05, 3.63) is 199 Å². The number of fused-ring (bicyclic) bond motifs is 18. The maximum absolute atomic E-state index is 12.0. The van der Waals surface area contributed by atoms with E-state index < -0.39 is 0 Å². The van der Waals surface area contributed by atoms with E-state index in [1.807, 2.05) is 24.4 Å². The highest BCUT2D eigenvalue weighted by atomic mass is 32.1. The lowest BCUT2D eigenvalue weighted by atomic mass is 9.89. The molecule has 9 heteroatoms. The molecule has 0 N–H and O–H groups in total. The molecule has 0 fully saturated rings. The van der Waals surface area contributed by atoms with Gasteiger partial charge in [0.05, 0.1) is 59.7 Å². The van der Waals surface area contributed by atoms with Gasteiger partial charge in [-0.15, -0.1) is 34.0 Å². The largest absolute Gasteiger partial charge is 0.316 e. The van der Waals surface area contributed by atoms with Gasteiger partial charge in [-0.25, -0.2) is 4.85 Å². The highest BCUT2D eigenvalue weighted by molar-refractivity contribution is 7.27. The Labute approximate surface area is 404 Å². The third kappa shape index (κ3) is 5.16. The van der Waals surface area contributed by atoms with Gasteiger partial charge in [0.25, 0.3) is 0 Å². The van der Waals surface area contributed by atoms with Crippen molar-refractivity contribution >= 4 is 144 Å². The highest BCUT2D eigenvalue weighted by Crippen LogP contribution is 2.55. The Hall–Kier alpha value is -8.70. The molecule has 15 aromatic rings. The number of hydrogen-bond donors (Lipinski definition) is 0. The number of hydrogen-bond acceptors (Lipinski definition) is 6. The second kappa shape index (κ2) is 14.4. The van der Waals surface area contributed by atoms with E-state index in [0.29, 0.717) is 33.8 Å².